The Morgan fingerprint density at radius 1 is 0.500 bits per heavy atom. The smallest absolute Gasteiger partial charge is 0.323 e. The number of hydrogen-bond acceptors (Lipinski definition) is 6. The maximum absolute atomic E-state index is 13.1. The van der Waals surface area contributed by atoms with Crippen LogP contribution in [0.4, 0.5) is 21.0 Å². The largest absolute Gasteiger partial charge is 0.338 e. The molecule has 0 spiro atoms. The average Bonchev–Trinajstić information content (AvgIpc) is 3.15. The lowest BCUT2D eigenvalue weighted by Gasteiger charge is -2.23. The predicted molar refractivity (Wildman–Crippen MR) is 211 cm³/mol. The molecule has 0 bridgehead atoms. The van der Waals surface area contributed by atoms with E-state index in [-0.39, 0.29) is 23.9 Å². The summed E-state index contributed by atoms with van der Waals surface area (Å²) in [4.78, 5) is 64.2. The highest BCUT2D eigenvalue weighted by atomic mass is 16.2. The van der Waals surface area contributed by atoms with Crippen molar-refractivity contribution in [1.29, 1.82) is 0 Å². The Hall–Kier alpha value is -5.52. The molecule has 12 nitrogen and oxygen atoms in total. The summed E-state index contributed by atoms with van der Waals surface area (Å²) >= 11 is 0. The van der Waals surface area contributed by atoms with Crippen LogP contribution in [0.5, 0.6) is 0 Å². The molecule has 12 heteroatoms. The van der Waals surface area contributed by atoms with Crippen LogP contribution in [-0.2, 0) is 0 Å². The molecule has 0 aromatic heterocycles. The van der Waals surface area contributed by atoms with Crippen molar-refractivity contribution in [1.82, 2.24) is 20.4 Å². The minimum absolute atomic E-state index is 0.189. The highest BCUT2D eigenvalue weighted by molar-refractivity contribution is 6.10. The SMILES string of the molecule is CCCCNC(=O)N(CC)C(=NCC)c1ccc(NC(=O)c2ccc(C(=O)Nc3ccc(C(=NCC)N(CC)C(=O)NCCCC)cc3)cc2)cc1. The number of amidine groups is 2. The van der Waals surface area contributed by atoms with Gasteiger partial charge in [-0.25, -0.2) is 9.59 Å². The molecule has 278 valence electrons. The molecule has 0 unspecified atom stereocenters. The lowest BCUT2D eigenvalue weighted by Crippen LogP contribution is -2.44. The third-order valence-corrected chi connectivity index (χ3v) is 8.07. The Balaban J connectivity index is 1.63. The lowest BCUT2D eigenvalue weighted by molar-refractivity contribution is 0.101. The Kier molecular flexibility index (Phi) is 17.0. The highest BCUT2D eigenvalue weighted by Gasteiger charge is 2.21. The number of unbranched alkanes of at least 4 members (excludes halogenated alkanes) is 2. The van der Waals surface area contributed by atoms with Gasteiger partial charge in [-0.3, -0.25) is 29.4 Å². The van der Waals surface area contributed by atoms with Crippen molar-refractivity contribution < 1.29 is 19.2 Å². The number of anilines is 2. The fraction of sp³-hybridized carbons (Fsp3) is 0.400. The van der Waals surface area contributed by atoms with Crippen LogP contribution in [0, 0.1) is 0 Å². The summed E-state index contributed by atoms with van der Waals surface area (Å²) in [6.07, 6.45) is 3.78. The van der Waals surface area contributed by atoms with Crippen LogP contribution < -0.4 is 21.3 Å². The molecular weight excluding hydrogens is 656 g/mol. The highest BCUT2D eigenvalue weighted by Crippen LogP contribution is 2.17. The summed E-state index contributed by atoms with van der Waals surface area (Å²) in [5.74, 6) is 0.491. The second-order valence-electron chi connectivity index (χ2n) is 11.9. The van der Waals surface area contributed by atoms with E-state index in [9.17, 15) is 19.2 Å². The summed E-state index contributed by atoms with van der Waals surface area (Å²) in [5, 5.41) is 11.7. The Morgan fingerprint density at radius 2 is 0.827 bits per heavy atom. The minimum Gasteiger partial charge on any atom is -0.338 e. The third kappa shape index (κ3) is 11.8. The number of hydrogen-bond donors (Lipinski definition) is 4. The van der Waals surface area contributed by atoms with Gasteiger partial charge in [0, 0.05) is 72.9 Å². The summed E-state index contributed by atoms with van der Waals surface area (Å²) < 4.78 is 0. The van der Waals surface area contributed by atoms with E-state index < -0.39 is 0 Å². The molecule has 0 fully saturated rings. The zero-order valence-corrected chi connectivity index (χ0v) is 31.4. The quantitative estimate of drug-likeness (QED) is 0.0697. The van der Waals surface area contributed by atoms with Crippen LogP contribution in [0.3, 0.4) is 0 Å². The van der Waals surface area contributed by atoms with Crippen molar-refractivity contribution in [3.05, 3.63) is 95.1 Å². The second kappa shape index (κ2) is 21.6. The number of carbonyl (C=O) groups is 4. The average molecular weight is 711 g/mol. The first-order valence-electron chi connectivity index (χ1n) is 18.3. The van der Waals surface area contributed by atoms with Gasteiger partial charge in [-0.15, -0.1) is 0 Å². The van der Waals surface area contributed by atoms with Gasteiger partial charge in [0.2, 0.25) is 0 Å². The lowest BCUT2D eigenvalue weighted by atomic mass is 10.1. The number of nitrogens with one attached hydrogen (secondary N) is 4. The number of nitrogens with zero attached hydrogens (tertiary/aromatic N) is 4. The van der Waals surface area contributed by atoms with Gasteiger partial charge in [0.1, 0.15) is 11.7 Å². The molecule has 52 heavy (non-hydrogen) atoms. The van der Waals surface area contributed by atoms with Gasteiger partial charge in [0.15, 0.2) is 0 Å². The molecule has 3 aromatic carbocycles. The number of aliphatic imine (C=N–C) groups is 2. The van der Waals surface area contributed by atoms with Gasteiger partial charge in [0.25, 0.3) is 11.8 Å². The molecule has 0 heterocycles. The molecule has 6 amide bonds. The standard InChI is InChI=1S/C40H54N8O4/c1-7-13-27-43-39(51)47(11-5)35(41-9-3)29-19-23-33(24-20-29)45-37(49)31-15-17-32(18-16-31)38(50)46-34-25-21-30(22-26-34)36(42-10-4)48(12-6)40(52)44-28-14-8-2/h15-26H,7-14,27-28H2,1-6H3,(H,43,51)(H,44,52)(H,45,49)(H,46,50). The molecule has 0 saturated heterocycles. The predicted octanol–water partition coefficient (Wildman–Crippen LogP) is 7.39. The molecule has 3 rings (SSSR count). The maximum atomic E-state index is 13.1. The molecule has 0 aliphatic heterocycles. The van der Waals surface area contributed by atoms with Crippen LogP contribution in [-0.4, -0.2) is 84.6 Å². The van der Waals surface area contributed by atoms with E-state index in [4.69, 9.17) is 0 Å². The Labute approximate surface area is 308 Å². The molecule has 0 saturated carbocycles. The second-order valence-corrected chi connectivity index (χ2v) is 11.9. The number of benzene rings is 3. The van der Waals surface area contributed by atoms with Gasteiger partial charge in [-0.1, -0.05) is 26.7 Å². The van der Waals surface area contributed by atoms with E-state index in [0.717, 1.165) is 36.8 Å². The van der Waals surface area contributed by atoms with E-state index in [0.29, 0.717) is 73.4 Å². The van der Waals surface area contributed by atoms with Gasteiger partial charge in [-0.05, 0) is 113 Å². The molecule has 0 aliphatic rings. The first-order chi connectivity index (χ1) is 25.2. The first kappa shape index (κ1) is 40.9. The van der Waals surface area contributed by atoms with Crippen LogP contribution in [0.15, 0.2) is 82.8 Å². The van der Waals surface area contributed by atoms with Crippen molar-refractivity contribution in [3.8, 4) is 0 Å². The van der Waals surface area contributed by atoms with Crippen LogP contribution in [0.2, 0.25) is 0 Å². The van der Waals surface area contributed by atoms with E-state index in [1.54, 1.807) is 58.3 Å². The number of amides is 6. The summed E-state index contributed by atoms with van der Waals surface area (Å²) in [6, 6.07) is 20.4. The summed E-state index contributed by atoms with van der Waals surface area (Å²) in [6.45, 7) is 15.0. The van der Waals surface area contributed by atoms with E-state index in [2.05, 4.69) is 45.1 Å². The number of carbonyl (C=O) groups excluding carboxylic acids is 4. The van der Waals surface area contributed by atoms with Crippen molar-refractivity contribution in [3.63, 3.8) is 0 Å². The molecule has 3 aromatic rings. The summed E-state index contributed by atoms with van der Waals surface area (Å²) in [7, 11) is 0. The van der Waals surface area contributed by atoms with Crippen LogP contribution >= 0.6 is 0 Å². The molecule has 0 aliphatic carbocycles. The molecule has 0 radical (unpaired) electrons. The molecule has 4 N–H and O–H groups in total. The zero-order valence-electron chi connectivity index (χ0n) is 31.4. The zero-order chi connectivity index (χ0) is 37.9. The molecule has 0 atom stereocenters. The number of urea groups is 2. The maximum Gasteiger partial charge on any atom is 0.323 e. The van der Waals surface area contributed by atoms with Crippen molar-refractivity contribution in [2.45, 2.75) is 67.2 Å². The summed E-state index contributed by atoms with van der Waals surface area (Å²) in [5.41, 5.74) is 3.47. The van der Waals surface area contributed by atoms with Gasteiger partial charge < -0.3 is 21.3 Å². The Bertz CT molecular complexity index is 1540. The first-order valence-corrected chi connectivity index (χ1v) is 18.3. The topological polar surface area (TPSA) is 148 Å². The fourth-order valence-electron chi connectivity index (χ4n) is 5.26. The van der Waals surface area contributed by atoms with E-state index in [1.807, 2.05) is 52.0 Å². The number of rotatable bonds is 16. The van der Waals surface area contributed by atoms with Crippen molar-refractivity contribution >= 4 is 46.9 Å². The van der Waals surface area contributed by atoms with Crippen LogP contribution in [0.25, 0.3) is 0 Å². The van der Waals surface area contributed by atoms with Crippen molar-refractivity contribution in [2.75, 3.05) is 49.9 Å². The molecular formula is C40H54N8O4. The third-order valence-electron chi connectivity index (χ3n) is 8.07. The Morgan fingerprint density at radius 3 is 1.12 bits per heavy atom. The van der Waals surface area contributed by atoms with Gasteiger partial charge in [-0.2, -0.15) is 0 Å². The fourth-order valence-corrected chi connectivity index (χ4v) is 5.26. The van der Waals surface area contributed by atoms with Gasteiger partial charge >= 0.3 is 12.1 Å². The monoisotopic (exact) mass is 710 g/mol. The minimum atomic E-state index is -0.326. The van der Waals surface area contributed by atoms with Gasteiger partial charge in [0.05, 0.1) is 0 Å². The van der Waals surface area contributed by atoms with E-state index >= 15 is 0 Å². The van der Waals surface area contributed by atoms with Crippen molar-refractivity contribution in [2.24, 2.45) is 9.98 Å². The van der Waals surface area contributed by atoms with E-state index in [1.165, 1.54) is 0 Å². The van der Waals surface area contributed by atoms with Crippen LogP contribution in [0.1, 0.15) is 99.1 Å². The normalized spacial score (nSPS) is 11.4.